The number of carbonyl (C=O) groups is 1. The van der Waals surface area contributed by atoms with Crippen molar-refractivity contribution in [1.29, 1.82) is 0 Å². The van der Waals surface area contributed by atoms with Crippen molar-refractivity contribution >= 4 is 17.4 Å². The Balaban J connectivity index is 1.35. The first-order valence-electron chi connectivity index (χ1n) is 11.5. The number of halogens is 1. The van der Waals surface area contributed by atoms with E-state index in [-0.39, 0.29) is 30.7 Å². The summed E-state index contributed by atoms with van der Waals surface area (Å²) >= 11 is 0. The molecule has 1 N–H and O–H groups in total. The molecule has 0 bridgehead atoms. The Morgan fingerprint density at radius 3 is 2.78 bits per heavy atom. The quantitative estimate of drug-likeness (QED) is 0.404. The van der Waals surface area contributed by atoms with E-state index in [9.17, 15) is 9.18 Å². The third-order valence-corrected chi connectivity index (χ3v) is 6.28. The number of fused-ring (bicyclic) bond motifs is 2. The number of nitrogens with one attached hydrogen (secondary N) is 1. The van der Waals surface area contributed by atoms with E-state index in [2.05, 4.69) is 20.6 Å². The Morgan fingerprint density at radius 1 is 1.06 bits per heavy atom. The van der Waals surface area contributed by atoms with Crippen LogP contribution in [0.15, 0.2) is 60.7 Å². The lowest BCUT2D eigenvalue weighted by Crippen LogP contribution is -2.25. The van der Waals surface area contributed by atoms with Crippen LogP contribution in [0.4, 0.5) is 10.2 Å². The second-order valence-electron chi connectivity index (χ2n) is 8.76. The highest BCUT2D eigenvalue weighted by Gasteiger charge is 2.33. The van der Waals surface area contributed by atoms with Crippen LogP contribution in [0.3, 0.4) is 0 Å². The Hall–Kier alpha value is -4.60. The molecule has 0 unspecified atom stereocenters. The van der Waals surface area contributed by atoms with Crippen LogP contribution < -0.4 is 10.1 Å². The number of hydrogen-bond acceptors (Lipinski definition) is 6. The van der Waals surface area contributed by atoms with Crippen molar-refractivity contribution in [2.45, 2.75) is 32.8 Å². The molecule has 1 amide bonds. The molecule has 4 heterocycles. The summed E-state index contributed by atoms with van der Waals surface area (Å²) in [5.41, 5.74) is 4.03. The molecular formula is C26H22FN7O2. The predicted molar refractivity (Wildman–Crippen MR) is 130 cm³/mol. The first kappa shape index (κ1) is 21.9. The Kier molecular flexibility index (Phi) is 5.21. The van der Waals surface area contributed by atoms with Gasteiger partial charge in [0.2, 0.25) is 5.91 Å². The van der Waals surface area contributed by atoms with Gasteiger partial charge in [-0.3, -0.25) is 4.79 Å². The Morgan fingerprint density at radius 2 is 1.92 bits per heavy atom. The molecule has 1 aliphatic heterocycles. The van der Waals surface area contributed by atoms with Crippen molar-refractivity contribution in [3.8, 4) is 11.6 Å². The molecule has 0 saturated carbocycles. The molecule has 2 aromatic carbocycles. The first-order valence-corrected chi connectivity index (χ1v) is 11.5. The lowest BCUT2D eigenvalue weighted by molar-refractivity contribution is -0.116. The first-order chi connectivity index (χ1) is 17.5. The summed E-state index contributed by atoms with van der Waals surface area (Å²) in [4.78, 5) is 12.8. The number of aromatic nitrogens is 6. The van der Waals surface area contributed by atoms with E-state index in [1.807, 2.05) is 50.2 Å². The fourth-order valence-electron chi connectivity index (χ4n) is 4.61. The fraction of sp³-hybridized carbons (Fsp3) is 0.192. The SMILES string of the molecule is Cc1nn(-c2ccc3nnc(C)n3n2)c2c1[C@@H](c1cccc(OCc3cccc(F)c3)c1)CC(=O)N2. The number of benzene rings is 2. The molecule has 36 heavy (non-hydrogen) atoms. The highest BCUT2D eigenvalue weighted by molar-refractivity contribution is 5.95. The third kappa shape index (κ3) is 3.86. The van der Waals surface area contributed by atoms with Crippen LogP contribution in [-0.4, -0.2) is 35.5 Å². The van der Waals surface area contributed by atoms with Crippen LogP contribution in [0.2, 0.25) is 0 Å². The number of nitrogens with zero attached hydrogens (tertiary/aromatic N) is 6. The normalized spacial score (nSPS) is 15.1. The van der Waals surface area contributed by atoms with Gasteiger partial charge in [-0.05, 0) is 61.4 Å². The van der Waals surface area contributed by atoms with Crippen LogP contribution >= 0.6 is 0 Å². The molecule has 0 fully saturated rings. The Labute approximate surface area is 205 Å². The molecule has 10 heteroatoms. The van der Waals surface area contributed by atoms with Gasteiger partial charge in [-0.25, -0.2) is 4.39 Å². The predicted octanol–water partition coefficient (Wildman–Crippen LogP) is 4.12. The molecule has 0 spiro atoms. The number of amides is 1. The summed E-state index contributed by atoms with van der Waals surface area (Å²) in [6, 6.07) is 17.6. The molecule has 180 valence electrons. The van der Waals surface area contributed by atoms with Crippen molar-refractivity contribution < 1.29 is 13.9 Å². The van der Waals surface area contributed by atoms with Crippen LogP contribution in [-0.2, 0) is 11.4 Å². The zero-order valence-electron chi connectivity index (χ0n) is 19.6. The van der Waals surface area contributed by atoms with E-state index in [4.69, 9.17) is 9.84 Å². The van der Waals surface area contributed by atoms with Gasteiger partial charge in [0.05, 0.1) is 5.69 Å². The minimum Gasteiger partial charge on any atom is -0.489 e. The monoisotopic (exact) mass is 483 g/mol. The number of anilines is 1. The molecule has 0 saturated heterocycles. The maximum Gasteiger partial charge on any atom is 0.226 e. The molecule has 5 aromatic rings. The van der Waals surface area contributed by atoms with Crippen molar-refractivity contribution in [2.75, 3.05) is 5.32 Å². The van der Waals surface area contributed by atoms with Crippen molar-refractivity contribution in [1.82, 2.24) is 29.6 Å². The topological polar surface area (TPSA) is 99.2 Å². The van der Waals surface area contributed by atoms with Crippen LogP contribution in [0.5, 0.6) is 5.75 Å². The van der Waals surface area contributed by atoms with E-state index in [0.29, 0.717) is 28.9 Å². The van der Waals surface area contributed by atoms with E-state index < -0.39 is 0 Å². The summed E-state index contributed by atoms with van der Waals surface area (Å²) in [6.07, 6.45) is 0.282. The second-order valence-corrected chi connectivity index (χ2v) is 8.76. The number of rotatable bonds is 5. The van der Waals surface area contributed by atoms with Gasteiger partial charge in [-0.2, -0.15) is 14.3 Å². The zero-order valence-corrected chi connectivity index (χ0v) is 19.6. The average molecular weight is 484 g/mol. The Bertz CT molecular complexity index is 1620. The van der Waals surface area contributed by atoms with Crippen molar-refractivity contribution in [2.24, 2.45) is 0 Å². The van der Waals surface area contributed by atoms with Gasteiger partial charge < -0.3 is 10.1 Å². The molecule has 3 aromatic heterocycles. The average Bonchev–Trinajstić information content (AvgIpc) is 3.41. The highest BCUT2D eigenvalue weighted by Crippen LogP contribution is 2.40. The highest BCUT2D eigenvalue weighted by atomic mass is 19.1. The summed E-state index contributed by atoms with van der Waals surface area (Å²) in [5, 5.41) is 20.5. The van der Waals surface area contributed by atoms with Crippen LogP contribution in [0.1, 0.15) is 40.5 Å². The van der Waals surface area contributed by atoms with Gasteiger partial charge in [0.1, 0.15) is 24.0 Å². The van der Waals surface area contributed by atoms with E-state index >= 15 is 0 Å². The van der Waals surface area contributed by atoms with Crippen molar-refractivity contribution in [3.05, 3.63) is 94.7 Å². The maximum atomic E-state index is 13.5. The van der Waals surface area contributed by atoms with Crippen LogP contribution in [0, 0.1) is 19.7 Å². The van der Waals surface area contributed by atoms with E-state index in [0.717, 1.165) is 22.4 Å². The minimum absolute atomic E-state index is 0.110. The lowest BCUT2D eigenvalue weighted by Gasteiger charge is -2.24. The summed E-state index contributed by atoms with van der Waals surface area (Å²) < 4.78 is 22.7. The number of hydrogen-bond donors (Lipinski definition) is 1. The van der Waals surface area contributed by atoms with Crippen LogP contribution in [0.25, 0.3) is 11.5 Å². The molecule has 1 atom stereocenters. The molecule has 6 rings (SSSR count). The molecule has 1 aliphatic rings. The summed E-state index contributed by atoms with van der Waals surface area (Å²) in [5.74, 6) is 1.82. The molecule has 0 radical (unpaired) electrons. The second kappa shape index (κ2) is 8.56. The molecule has 9 nitrogen and oxygen atoms in total. The zero-order chi connectivity index (χ0) is 24.8. The summed E-state index contributed by atoms with van der Waals surface area (Å²) in [6.45, 7) is 3.99. The van der Waals surface area contributed by atoms with Gasteiger partial charge in [0.15, 0.2) is 17.3 Å². The number of carbonyl (C=O) groups excluding carboxylic acids is 1. The molecule has 0 aliphatic carbocycles. The minimum atomic E-state index is -0.300. The number of ether oxygens (including phenoxy) is 1. The van der Waals surface area contributed by atoms with Crippen molar-refractivity contribution in [3.63, 3.8) is 0 Å². The molecular weight excluding hydrogens is 461 g/mol. The van der Waals surface area contributed by atoms with E-state index in [1.165, 1.54) is 12.1 Å². The van der Waals surface area contributed by atoms with Gasteiger partial charge in [-0.15, -0.1) is 15.3 Å². The lowest BCUT2D eigenvalue weighted by atomic mass is 9.86. The van der Waals surface area contributed by atoms with Gasteiger partial charge in [-0.1, -0.05) is 24.3 Å². The standard InChI is InChI=1S/C26H22FN7O2/c1-15-25-21(18-6-4-8-20(12-18)36-14-17-5-3-7-19(27)11-17)13-24(35)28-26(25)34(31-15)23-10-9-22-30-29-16(2)33(22)32-23/h3-12,21H,13-14H2,1-2H3,(H,28,35)/t21-/m1/s1. The van der Waals surface area contributed by atoms with Gasteiger partial charge in [0.25, 0.3) is 0 Å². The fourth-order valence-corrected chi connectivity index (χ4v) is 4.61. The number of aryl methyl sites for hydroxylation is 2. The third-order valence-electron chi connectivity index (χ3n) is 6.28. The van der Waals surface area contributed by atoms with E-state index in [1.54, 1.807) is 21.3 Å². The smallest absolute Gasteiger partial charge is 0.226 e. The maximum absolute atomic E-state index is 13.5. The van der Waals surface area contributed by atoms with Gasteiger partial charge >= 0.3 is 0 Å². The van der Waals surface area contributed by atoms with Gasteiger partial charge in [0, 0.05) is 17.9 Å². The summed E-state index contributed by atoms with van der Waals surface area (Å²) in [7, 11) is 0. The largest absolute Gasteiger partial charge is 0.489 e.